The molecular weight excluding hydrogens is 588 g/mol. The van der Waals surface area contributed by atoms with E-state index in [0.29, 0.717) is 26.4 Å². The molecule has 2 saturated heterocycles. The highest BCUT2D eigenvalue weighted by molar-refractivity contribution is 5.86. The molecule has 246 valence electrons. The number of hydrogen-bond donors (Lipinski definition) is 0. The van der Waals surface area contributed by atoms with Crippen molar-refractivity contribution < 1.29 is 28.4 Å². The fourth-order valence-electron chi connectivity index (χ4n) is 7.18. The summed E-state index contributed by atoms with van der Waals surface area (Å²) < 4.78 is 35.3. The highest BCUT2D eigenvalue weighted by Crippen LogP contribution is 2.57. The molecule has 4 atom stereocenters. The Bertz CT molecular complexity index is 1580. The molecule has 0 bridgehead atoms. The second-order valence-electron chi connectivity index (χ2n) is 13.5. The molecule has 1 aliphatic carbocycles. The van der Waals surface area contributed by atoms with Crippen LogP contribution in [-0.4, -0.2) is 64.1 Å². The molecule has 0 N–H and O–H groups in total. The first kappa shape index (κ1) is 31.9. The third kappa shape index (κ3) is 6.32. The summed E-state index contributed by atoms with van der Waals surface area (Å²) >= 11 is 0. The Morgan fingerprint density at radius 3 is 1.34 bits per heavy atom. The second-order valence-corrected chi connectivity index (χ2v) is 13.5. The van der Waals surface area contributed by atoms with Crippen molar-refractivity contribution in [1.82, 2.24) is 0 Å². The number of rotatable bonds is 14. The van der Waals surface area contributed by atoms with Gasteiger partial charge in [0, 0.05) is 0 Å². The summed E-state index contributed by atoms with van der Waals surface area (Å²) in [7, 11) is 0. The molecule has 7 rings (SSSR count). The van der Waals surface area contributed by atoms with Crippen LogP contribution >= 0.6 is 0 Å². The van der Waals surface area contributed by atoms with Crippen LogP contribution in [0.4, 0.5) is 0 Å². The van der Waals surface area contributed by atoms with Crippen LogP contribution < -0.4 is 9.47 Å². The zero-order valence-electron chi connectivity index (χ0n) is 28.4. The van der Waals surface area contributed by atoms with Gasteiger partial charge in [-0.15, -0.1) is 0 Å². The van der Waals surface area contributed by atoms with Crippen molar-refractivity contribution in [3.05, 3.63) is 117 Å². The first-order valence-corrected chi connectivity index (χ1v) is 16.9. The van der Waals surface area contributed by atoms with Crippen molar-refractivity contribution >= 4 is 0 Å². The van der Waals surface area contributed by atoms with E-state index in [1.54, 1.807) is 0 Å². The fourth-order valence-corrected chi connectivity index (χ4v) is 7.18. The predicted molar refractivity (Wildman–Crippen MR) is 184 cm³/mol. The Morgan fingerprint density at radius 1 is 0.617 bits per heavy atom. The smallest absolute Gasteiger partial charge is 0.125 e. The number of epoxide rings is 2. The van der Waals surface area contributed by atoms with Crippen molar-refractivity contribution in [1.29, 1.82) is 0 Å². The van der Waals surface area contributed by atoms with Crippen LogP contribution in [0.2, 0.25) is 0 Å². The predicted octanol–water partition coefficient (Wildman–Crippen LogP) is 7.65. The molecule has 0 amide bonds. The van der Waals surface area contributed by atoms with Crippen LogP contribution in [0, 0.1) is 27.7 Å². The van der Waals surface area contributed by atoms with Gasteiger partial charge in [0.05, 0.1) is 44.1 Å². The molecule has 2 aliphatic heterocycles. The van der Waals surface area contributed by atoms with E-state index in [1.165, 1.54) is 33.4 Å². The Hall–Kier alpha value is -3.68. The minimum Gasteiger partial charge on any atom is -0.490 e. The number of fused-ring (bicyclic) bond motifs is 3. The van der Waals surface area contributed by atoms with Gasteiger partial charge in [0.25, 0.3) is 0 Å². The average molecular weight is 635 g/mol. The molecule has 2 fully saturated rings. The van der Waals surface area contributed by atoms with E-state index in [4.69, 9.17) is 28.4 Å². The number of aryl methyl sites for hydroxylation is 4. The zero-order chi connectivity index (χ0) is 32.7. The van der Waals surface area contributed by atoms with Gasteiger partial charge in [-0.3, -0.25) is 0 Å². The maximum absolute atomic E-state index is 6.41. The Balaban J connectivity index is 1.27. The monoisotopic (exact) mass is 634 g/mol. The van der Waals surface area contributed by atoms with Gasteiger partial charge in [-0.05, 0) is 97.2 Å². The topological polar surface area (TPSA) is 62.0 Å². The largest absolute Gasteiger partial charge is 0.490 e. The maximum atomic E-state index is 6.41. The minimum absolute atomic E-state index is 0.0222. The fraction of sp³-hybridized carbons (Fsp3) is 0.415. The van der Waals surface area contributed by atoms with Crippen molar-refractivity contribution in [3.8, 4) is 22.6 Å². The first-order valence-electron chi connectivity index (χ1n) is 16.9. The molecule has 0 aromatic heterocycles. The quantitative estimate of drug-likeness (QED) is 0.117. The van der Waals surface area contributed by atoms with Crippen LogP contribution in [-0.2, 0) is 24.4 Å². The summed E-state index contributed by atoms with van der Waals surface area (Å²) in [6.45, 7) is 16.5. The highest BCUT2D eigenvalue weighted by atomic mass is 16.6. The summed E-state index contributed by atoms with van der Waals surface area (Å²) in [5, 5.41) is 0. The van der Waals surface area contributed by atoms with Crippen LogP contribution in [0.5, 0.6) is 11.5 Å². The lowest BCUT2D eigenvalue weighted by Gasteiger charge is -2.35. The van der Waals surface area contributed by atoms with E-state index in [2.05, 4.69) is 114 Å². The third-order valence-electron chi connectivity index (χ3n) is 9.60. The Kier molecular flexibility index (Phi) is 8.88. The SMILES string of the molecule is Cc1cc(C2(c3cc(C)c(OCC(C)OCC4CO4)c(C)c3)c3ccccc3-c3ccccc32)cc(C)c1OCC(C)OCC1CO1. The number of hydrogen-bond acceptors (Lipinski definition) is 6. The molecular formula is C41H46O6. The molecule has 0 saturated carbocycles. The van der Waals surface area contributed by atoms with Crippen molar-refractivity contribution in [2.24, 2.45) is 0 Å². The molecule has 4 aromatic carbocycles. The Morgan fingerprint density at radius 2 is 0.979 bits per heavy atom. The number of ether oxygens (including phenoxy) is 6. The van der Waals surface area contributed by atoms with Gasteiger partial charge in [-0.2, -0.15) is 0 Å². The molecule has 4 unspecified atom stereocenters. The standard InChI is InChI=1S/C41H46O6/c1-25-15-31(16-26(2)39(25)46-19-29(5)42-21-33-23-44-33)41(37-13-9-7-11-35(37)36-12-8-10-14-38(36)41)32-17-27(3)40(28(4)18-32)47-20-30(6)43-22-34-24-45-34/h7-18,29-30,33-34H,19-24H2,1-6H3. The normalized spacial score (nSPS) is 19.9. The van der Waals surface area contributed by atoms with Crippen molar-refractivity contribution in [2.75, 3.05) is 39.6 Å². The summed E-state index contributed by atoms with van der Waals surface area (Å²) in [5.74, 6) is 1.84. The highest BCUT2D eigenvalue weighted by Gasteiger charge is 2.46. The van der Waals surface area contributed by atoms with Gasteiger partial charge in [-0.25, -0.2) is 0 Å². The third-order valence-corrected chi connectivity index (χ3v) is 9.60. The lowest BCUT2D eigenvalue weighted by atomic mass is 9.66. The van der Waals surface area contributed by atoms with Crippen molar-refractivity contribution in [3.63, 3.8) is 0 Å². The molecule has 0 radical (unpaired) electrons. The van der Waals surface area contributed by atoms with Gasteiger partial charge in [0.1, 0.15) is 36.9 Å². The lowest BCUT2D eigenvalue weighted by molar-refractivity contribution is 0.0238. The van der Waals surface area contributed by atoms with Crippen molar-refractivity contribution in [2.45, 2.75) is 71.4 Å². The average Bonchev–Trinajstić information content (AvgIpc) is 4.00. The van der Waals surface area contributed by atoms with Crippen LogP contribution in [0.15, 0.2) is 72.8 Å². The van der Waals surface area contributed by atoms with Gasteiger partial charge in [-0.1, -0.05) is 72.8 Å². The molecule has 6 nitrogen and oxygen atoms in total. The van der Waals surface area contributed by atoms with Crippen LogP contribution in [0.3, 0.4) is 0 Å². The minimum atomic E-state index is -0.517. The number of benzene rings is 4. The van der Waals surface area contributed by atoms with E-state index in [1.807, 2.05) is 0 Å². The molecule has 4 aromatic rings. The van der Waals surface area contributed by atoms with E-state index >= 15 is 0 Å². The van der Waals surface area contributed by atoms with Gasteiger partial charge < -0.3 is 28.4 Å². The van der Waals surface area contributed by atoms with E-state index < -0.39 is 5.41 Å². The van der Waals surface area contributed by atoms with Gasteiger partial charge in [0.15, 0.2) is 0 Å². The van der Waals surface area contributed by atoms with E-state index in [0.717, 1.165) is 47.0 Å². The van der Waals surface area contributed by atoms with Crippen LogP contribution in [0.25, 0.3) is 11.1 Å². The summed E-state index contributed by atoms with van der Waals surface area (Å²) in [6, 6.07) is 27.0. The second kappa shape index (κ2) is 13.1. The summed E-state index contributed by atoms with van der Waals surface area (Å²) in [4.78, 5) is 0. The van der Waals surface area contributed by atoms with E-state index in [-0.39, 0.29) is 24.4 Å². The molecule has 0 spiro atoms. The van der Waals surface area contributed by atoms with Gasteiger partial charge in [0.2, 0.25) is 0 Å². The van der Waals surface area contributed by atoms with E-state index in [9.17, 15) is 0 Å². The summed E-state index contributed by atoms with van der Waals surface area (Å²) in [5.41, 5.74) is 11.5. The first-order chi connectivity index (χ1) is 22.8. The maximum Gasteiger partial charge on any atom is 0.125 e. The van der Waals surface area contributed by atoms with Crippen LogP contribution in [0.1, 0.15) is 58.4 Å². The lowest BCUT2D eigenvalue weighted by Crippen LogP contribution is -2.29. The molecule has 6 heteroatoms. The van der Waals surface area contributed by atoms with Gasteiger partial charge >= 0.3 is 0 Å². The molecule has 2 heterocycles. The zero-order valence-corrected chi connectivity index (χ0v) is 28.4. The Labute approximate surface area is 278 Å². The molecule has 3 aliphatic rings. The summed E-state index contributed by atoms with van der Waals surface area (Å²) in [6.07, 6.45) is 0.440. The molecule has 47 heavy (non-hydrogen) atoms.